The smallest absolute Gasteiger partial charge is 0.0638 e. The van der Waals surface area contributed by atoms with Crippen LogP contribution in [0.25, 0.3) is 0 Å². The number of rotatable bonds is 3. The molecule has 0 saturated carbocycles. The third kappa shape index (κ3) is 2.34. The van der Waals surface area contributed by atoms with Gasteiger partial charge in [0.05, 0.1) is 12.5 Å². The summed E-state index contributed by atoms with van der Waals surface area (Å²) in [7, 11) is 0. The van der Waals surface area contributed by atoms with E-state index >= 15 is 0 Å². The molecular weight excluding hydrogens is 240 g/mol. The van der Waals surface area contributed by atoms with Crippen molar-refractivity contribution in [1.82, 2.24) is 4.90 Å². The van der Waals surface area contributed by atoms with Crippen LogP contribution >= 0.6 is 15.9 Å². The number of hydrogen-bond acceptors (Lipinski definition) is 2. The summed E-state index contributed by atoms with van der Waals surface area (Å²) >= 11 is 3.41. The van der Waals surface area contributed by atoms with Crippen LogP contribution in [0.1, 0.15) is 12.0 Å². The molecule has 1 aliphatic heterocycles. The Hall–Kier alpha value is -0.850. The fourth-order valence-electron chi connectivity index (χ4n) is 1.54. The highest BCUT2D eigenvalue weighted by atomic mass is 79.9. The van der Waals surface area contributed by atoms with Crippen LogP contribution in [0, 0.1) is 11.3 Å². The zero-order chi connectivity index (χ0) is 9.97. The van der Waals surface area contributed by atoms with Crippen molar-refractivity contribution in [2.45, 2.75) is 19.0 Å². The first-order chi connectivity index (χ1) is 6.79. The maximum Gasteiger partial charge on any atom is 0.0638 e. The lowest BCUT2D eigenvalue weighted by Crippen LogP contribution is -2.01. The molecule has 72 valence electrons. The van der Waals surface area contributed by atoms with Crippen LogP contribution in [0.3, 0.4) is 0 Å². The van der Waals surface area contributed by atoms with E-state index in [1.165, 1.54) is 5.56 Å². The van der Waals surface area contributed by atoms with Gasteiger partial charge in [-0.05, 0) is 17.7 Å². The Labute approximate surface area is 92.3 Å². The molecule has 0 N–H and O–H groups in total. The molecule has 14 heavy (non-hydrogen) atoms. The molecule has 2 unspecified atom stereocenters. The maximum atomic E-state index is 8.51. The first-order valence-corrected chi connectivity index (χ1v) is 5.44. The van der Waals surface area contributed by atoms with Crippen molar-refractivity contribution in [3.63, 3.8) is 0 Å². The molecule has 1 fully saturated rings. The maximum absolute atomic E-state index is 8.51. The summed E-state index contributed by atoms with van der Waals surface area (Å²) in [6.07, 6.45) is 0.663. The molecular formula is C11H11BrN2. The van der Waals surface area contributed by atoms with E-state index < -0.39 is 0 Å². The second kappa shape index (κ2) is 4.12. The van der Waals surface area contributed by atoms with Crippen LogP contribution in [0.2, 0.25) is 0 Å². The Morgan fingerprint density at radius 2 is 2.14 bits per heavy atom. The molecule has 1 saturated heterocycles. The van der Waals surface area contributed by atoms with E-state index in [1.54, 1.807) is 0 Å². The predicted molar refractivity (Wildman–Crippen MR) is 58.6 cm³/mol. The van der Waals surface area contributed by atoms with Crippen LogP contribution in [0.4, 0.5) is 0 Å². The molecule has 0 bridgehead atoms. The predicted octanol–water partition coefficient (Wildman–Crippen LogP) is 2.55. The molecule has 1 aromatic rings. The van der Waals surface area contributed by atoms with Crippen molar-refractivity contribution in [2.24, 2.45) is 0 Å². The zero-order valence-corrected chi connectivity index (χ0v) is 9.37. The number of nitrogens with zero attached hydrogens (tertiary/aromatic N) is 2. The molecule has 2 nitrogen and oxygen atoms in total. The Balaban J connectivity index is 1.88. The van der Waals surface area contributed by atoms with Crippen molar-refractivity contribution >= 4 is 15.9 Å². The molecule has 0 radical (unpaired) electrons. The number of nitriles is 1. The second-order valence-electron chi connectivity index (χ2n) is 3.57. The summed E-state index contributed by atoms with van der Waals surface area (Å²) in [5.41, 5.74) is 1.31. The number of hydrogen-bond donors (Lipinski definition) is 0. The fourth-order valence-corrected chi connectivity index (χ4v) is 1.80. The van der Waals surface area contributed by atoms with Crippen molar-refractivity contribution in [2.75, 3.05) is 6.54 Å². The Morgan fingerprint density at radius 3 is 2.79 bits per heavy atom. The largest absolute Gasteiger partial charge is 0.292 e. The van der Waals surface area contributed by atoms with Gasteiger partial charge in [0.1, 0.15) is 0 Å². The highest BCUT2D eigenvalue weighted by molar-refractivity contribution is 9.10. The molecule has 1 aliphatic rings. The molecule has 0 spiro atoms. The minimum absolute atomic E-state index is 0.503. The van der Waals surface area contributed by atoms with E-state index in [-0.39, 0.29) is 0 Å². The van der Waals surface area contributed by atoms with Crippen LogP contribution in [0.5, 0.6) is 0 Å². The van der Waals surface area contributed by atoms with Gasteiger partial charge in [-0.25, -0.2) is 0 Å². The van der Waals surface area contributed by atoms with Crippen molar-refractivity contribution in [3.05, 3.63) is 34.3 Å². The van der Waals surface area contributed by atoms with Gasteiger partial charge < -0.3 is 0 Å². The van der Waals surface area contributed by atoms with Gasteiger partial charge in [0.25, 0.3) is 0 Å². The van der Waals surface area contributed by atoms with Crippen molar-refractivity contribution in [3.8, 4) is 6.07 Å². The third-order valence-corrected chi connectivity index (χ3v) is 2.98. The quantitative estimate of drug-likeness (QED) is 0.772. The van der Waals surface area contributed by atoms with E-state index in [0.717, 1.165) is 17.6 Å². The molecule has 0 aliphatic carbocycles. The summed E-state index contributed by atoms with van der Waals surface area (Å²) in [5, 5.41) is 8.51. The first kappa shape index (κ1) is 9.70. The molecule has 1 aromatic carbocycles. The molecule has 2 rings (SSSR count). The summed E-state index contributed by atoms with van der Waals surface area (Å²) in [5.74, 6) is 0. The SMILES string of the molecule is N#CCC1CN1Cc1ccc(Br)cc1. The van der Waals surface area contributed by atoms with Gasteiger partial charge in [-0.2, -0.15) is 5.26 Å². The summed E-state index contributed by atoms with van der Waals surface area (Å²) in [6.45, 7) is 2.04. The van der Waals surface area contributed by atoms with Crippen LogP contribution in [0.15, 0.2) is 28.7 Å². The summed E-state index contributed by atoms with van der Waals surface area (Å²) < 4.78 is 1.11. The van der Waals surface area contributed by atoms with Crippen LogP contribution < -0.4 is 0 Å². The fraction of sp³-hybridized carbons (Fsp3) is 0.364. The lowest BCUT2D eigenvalue weighted by atomic mass is 10.2. The van der Waals surface area contributed by atoms with Gasteiger partial charge in [0.15, 0.2) is 0 Å². The van der Waals surface area contributed by atoms with Gasteiger partial charge >= 0.3 is 0 Å². The van der Waals surface area contributed by atoms with Gasteiger partial charge in [0, 0.05) is 23.6 Å². The molecule has 2 atom stereocenters. The average Bonchev–Trinajstić information content (AvgIpc) is 2.89. The monoisotopic (exact) mass is 250 g/mol. The minimum atomic E-state index is 0.503. The van der Waals surface area contributed by atoms with Gasteiger partial charge in [-0.15, -0.1) is 0 Å². The normalized spacial score (nSPS) is 24.3. The Morgan fingerprint density at radius 1 is 1.43 bits per heavy atom. The zero-order valence-electron chi connectivity index (χ0n) is 7.78. The number of benzene rings is 1. The lowest BCUT2D eigenvalue weighted by molar-refractivity contribution is 0.504. The minimum Gasteiger partial charge on any atom is -0.292 e. The van der Waals surface area contributed by atoms with Gasteiger partial charge in [-0.3, -0.25) is 4.90 Å². The molecule has 0 aromatic heterocycles. The second-order valence-corrected chi connectivity index (χ2v) is 4.49. The van der Waals surface area contributed by atoms with Crippen LogP contribution in [-0.4, -0.2) is 17.5 Å². The lowest BCUT2D eigenvalue weighted by Gasteiger charge is -2.02. The topological polar surface area (TPSA) is 26.8 Å². The van der Waals surface area contributed by atoms with Crippen molar-refractivity contribution < 1.29 is 0 Å². The molecule has 0 amide bonds. The average molecular weight is 251 g/mol. The Kier molecular flexibility index (Phi) is 2.85. The van der Waals surface area contributed by atoms with E-state index in [1.807, 2.05) is 0 Å². The number of halogens is 1. The van der Waals surface area contributed by atoms with E-state index in [9.17, 15) is 0 Å². The van der Waals surface area contributed by atoms with E-state index in [2.05, 4.69) is 51.2 Å². The van der Waals surface area contributed by atoms with Crippen LogP contribution in [-0.2, 0) is 6.54 Å². The molecule has 3 heteroatoms. The summed E-state index contributed by atoms with van der Waals surface area (Å²) in [6, 6.07) is 11.0. The Bertz CT molecular complexity index is 353. The van der Waals surface area contributed by atoms with Gasteiger partial charge in [-0.1, -0.05) is 28.1 Å². The first-order valence-electron chi connectivity index (χ1n) is 4.65. The highest BCUT2D eigenvalue weighted by Crippen LogP contribution is 2.23. The van der Waals surface area contributed by atoms with E-state index in [4.69, 9.17) is 5.26 Å². The summed E-state index contributed by atoms with van der Waals surface area (Å²) in [4.78, 5) is 2.31. The third-order valence-electron chi connectivity index (χ3n) is 2.45. The standard InChI is InChI=1S/C11H11BrN2/c12-10-3-1-9(2-4-10)7-14-8-11(14)5-6-13/h1-4,11H,5,7-8H2. The van der Waals surface area contributed by atoms with Crippen molar-refractivity contribution in [1.29, 1.82) is 5.26 Å². The molecule has 1 heterocycles. The van der Waals surface area contributed by atoms with E-state index in [0.29, 0.717) is 12.5 Å². The highest BCUT2D eigenvalue weighted by Gasteiger charge is 2.32. The van der Waals surface area contributed by atoms with Gasteiger partial charge in [0.2, 0.25) is 0 Å².